The Morgan fingerprint density at radius 2 is 1.69 bits per heavy atom. The number of carbonyl (C=O) groups excluding carboxylic acids is 4. The molecule has 1 heterocycles. The van der Waals surface area contributed by atoms with Crippen LogP contribution in [-0.2, 0) is 19.1 Å². The summed E-state index contributed by atoms with van der Waals surface area (Å²) in [5.41, 5.74) is 1.24. The Kier molecular flexibility index (Phi) is 5.72. The van der Waals surface area contributed by atoms with Gasteiger partial charge in [-0.15, -0.1) is 0 Å². The van der Waals surface area contributed by atoms with E-state index >= 15 is 0 Å². The lowest BCUT2D eigenvalue weighted by atomic mass is 10.2. The molecule has 0 bridgehead atoms. The highest BCUT2D eigenvalue weighted by molar-refractivity contribution is 6.19. The van der Waals surface area contributed by atoms with Gasteiger partial charge in [-0.1, -0.05) is 6.07 Å². The lowest BCUT2D eigenvalue weighted by Crippen LogP contribution is -2.30. The molecule has 2 aromatic rings. The average Bonchev–Trinajstić information content (AvgIpc) is 3.03. The number of ether oxygens (including phenoxy) is 1. The summed E-state index contributed by atoms with van der Waals surface area (Å²) in [4.78, 5) is 49.0. The number of rotatable bonds is 5. The van der Waals surface area contributed by atoms with E-state index in [-0.39, 0.29) is 35.9 Å². The fourth-order valence-electron chi connectivity index (χ4n) is 2.81. The molecule has 29 heavy (non-hydrogen) atoms. The molecular weight excluding hydrogens is 379 g/mol. The van der Waals surface area contributed by atoms with E-state index in [2.05, 4.69) is 5.32 Å². The van der Waals surface area contributed by atoms with Crippen molar-refractivity contribution < 1.29 is 28.3 Å². The molecule has 0 saturated carbocycles. The largest absolute Gasteiger partial charge is 0.449 e. The Bertz CT molecular complexity index is 971. The van der Waals surface area contributed by atoms with Gasteiger partial charge < -0.3 is 10.1 Å². The standard InChI is InChI=1S/C21H19FN2O5/c1-12-3-6-15(11-17(12)22)23-20(27)13(2)29-21(28)14-4-7-16(8-5-14)24-18(25)9-10-19(24)26/h3-8,11,13H,9-10H2,1-2H3,(H,23,27)/t13-/m0/s1. The zero-order chi connectivity index (χ0) is 21.1. The number of hydrogen-bond donors (Lipinski definition) is 1. The molecule has 3 amide bonds. The summed E-state index contributed by atoms with van der Waals surface area (Å²) in [5, 5.41) is 2.48. The Labute approximate surface area is 166 Å². The van der Waals surface area contributed by atoms with E-state index in [1.165, 1.54) is 43.3 Å². The summed E-state index contributed by atoms with van der Waals surface area (Å²) in [7, 11) is 0. The van der Waals surface area contributed by atoms with E-state index < -0.39 is 23.8 Å². The molecule has 0 unspecified atom stereocenters. The monoisotopic (exact) mass is 398 g/mol. The van der Waals surface area contributed by atoms with Crippen LogP contribution in [-0.4, -0.2) is 29.8 Å². The number of anilines is 2. The van der Waals surface area contributed by atoms with E-state index in [1.54, 1.807) is 13.0 Å². The maximum absolute atomic E-state index is 13.6. The van der Waals surface area contributed by atoms with Gasteiger partial charge in [0.25, 0.3) is 5.91 Å². The predicted octanol–water partition coefficient (Wildman–Crippen LogP) is 2.97. The number of halogens is 1. The summed E-state index contributed by atoms with van der Waals surface area (Å²) >= 11 is 0. The third kappa shape index (κ3) is 4.48. The van der Waals surface area contributed by atoms with Gasteiger partial charge in [0.05, 0.1) is 11.3 Å². The fraction of sp³-hybridized carbons (Fsp3) is 0.238. The van der Waals surface area contributed by atoms with Gasteiger partial charge in [-0.3, -0.25) is 19.3 Å². The minimum Gasteiger partial charge on any atom is -0.449 e. The number of hydrogen-bond acceptors (Lipinski definition) is 5. The van der Waals surface area contributed by atoms with Crippen molar-refractivity contribution in [1.29, 1.82) is 0 Å². The maximum atomic E-state index is 13.6. The van der Waals surface area contributed by atoms with Crippen LogP contribution in [0.4, 0.5) is 15.8 Å². The second kappa shape index (κ2) is 8.22. The first kappa shape index (κ1) is 20.2. The van der Waals surface area contributed by atoms with Crippen molar-refractivity contribution in [3.05, 3.63) is 59.4 Å². The lowest BCUT2D eigenvalue weighted by molar-refractivity contribution is -0.124. The molecule has 0 aromatic heterocycles. The average molecular weight is 398 g/mol. The highest BCUT2D eigenvalue weighted by Gasteiger charge is 2.30. The molecule has 1 aliphatic rings. The topological polar surface area (TPSA) is 92.8 Å². The number of amides is 3. The van der Waals surface area contributed by atoms with Crippen molar-refractivity contribution >= 4 is 35.1 Å². The van der Waals surface area contributed by atoms with Crippen molar-refractivity contribution in [2.24, 2.45) is 0 Å². The highest BCUT2D eigenvalue weighted by Crippen LogP contribution is 2.23. The molecule has 2 aromatic carbocycles. The Balaban J connectivity index is 1.61. The first-order chi connectivity index (χ1) is 13.8. The van der Waals surface area contributed by atoms with Gasteiger partial charge in [-0.2, -0.15) is 0 Å². The van der Waals surface area contributed by atoms with Gasteiger partial charge in [0.15, 0.2) is 6.10 Å². The molecule has 0 spiro atoms. The summed E-state index contributed by atoms with van der Waals surface area (Å²) in [6, 6.07) is 10.0. The first-order valence-electron chi connectivity index (χ1n) is 9.00. The Hall–Kier alpha value is -3.55. The number of nitrogens with one attached hydrogen (secondary N) is 1. The molecule has 1 N–H and O–H groups in total. The SMILES string of the molecule is Cc1ccc(NC(=O)[C@H](C)OC(=O)c2ccc(N3C(=O)CCC3=O)cc2)cc1F. The molecule has 1 atom stereocenters. The molecule has 1 saturated heterocycles. The highest BCUT2D eigenvalue weighted by atomic mass is 19.1. The van der Waals surface area contributed by atoms with Gasteiger partial charge in [0.2, 0.25) is 11.8 Å². The van der Waals surface area contributed by atoms with Gasteiger partial charge in [0.1, 0.15) is 5.82 Å². The molecule has 7 nitrogen and oxygen atoms in total. The fourth-order valence-corrected chi connectivity index (χ4v) is 2.81. The lowest BCUT2D eigenvalue weighted by Gasteiger charge is -2.15. The first-order valence-corrected chi connectivity index (χ1v) is 9.00. The number of imide groups is 1. The van der Waals surface area contributed by atoms with Crippen LogP contribution in [0.1, 0.15) is 35.7 Å². The third-order valence-electron chi connectivity index (χ3n) is 4.51. The zero-order valence-electron chi connectivity index (χ0n) is 15.9. The quantitative estimate of drug-likeness (QED) is 0.617. The van der Waals surface area contributed by atoms with E-state index in [9.17, 15) is 23.6 Å². The second-order valence-electron chi connectivity index (χ2n) is 6.67. The molecule has 8 heteroatoms. The number of benzene rings is 2. The zero-order valence-corrected chi connectivity index (χ0v) is 15.9. The number of carbonyl (C=O) groups is 4. The van der Waals surface area contributed by atoms with Crippen molar-refractivity contribution in [2.45, 2.75) is 32.8 Å². The summed E-state index contributed by atoms with van der Waals surface area (Å²) in [6.45, 7) is 3.00. The van der Waals surface area contributed by atoms with Crippen molar-refractivity contribution in [3.63, 3.8) is 0 Å². The van der Waals surface area contributed by atoms with Crippen LogP contribution in [0.2, 0.25) is 0 Å². The van der Waals surface area contributed by atoms with Crippen LogP contribution in [0.25, 0.3) is 0 Å². The normalized spacial score (nSPS) is 14.7. The Morgan fingerprint density at radius 1 is 1.07 bits per heavy atom. The van der Waals surface area contributed by atoms with Crippen LogP contribution in [0.5, 0.6) is 0 Å². The van der Waals surface area contributed by atoms with Gasteiger partial charge in [0, 0.05) is 18.5 Å². The summed E-state index contributed by atoms with van der Waals surface area (Å²) in [6.07, 6.45) is -0.784. The van der Waals surface area contributed by atoms with Gasteiger partial charge in [-0.25, -0.2) is 9.18 Å². The summed E-state index contributed by atoms with van der Waals surface area (Å²) in [5.74, 6) is -2.38. The van der Waals surface area contributed by atoms with E-state index in [1.807, 2.05) is 0 Å². The maximum Gasteiger partial charge on any atom is 0.338 e. The molecular formula is C21H19FN2O5. The summed E-state index contributed by atoms with van der Waals surface area (Å²) < 4.78 is 18.7. The minimum absolute atomic E-state index is 0.161. The molecule has 1 aliphatic heterocycles. The van der Waals surface area contributed by atoms with E-state index in [4.69, 9.17) is 4.74 Å². The smallest absolute Gasteiger partial charge is 0.338 e. The van der Waals surface area contributed by atoms with E-state index in [0.717, 1.165) is 4.90 Å². The number of nitrogens with zero attached hydrogens (tertiary/aromatic N) is 1. The number of aryl methyl sites for hydroxylation is 1. The van der Waals surface area contributed by atoms with Crippen LogP contribution < -0.4 is 10.2 Å². The van der Waals surface area contributed by atoms with Crippen LogP contribution in [0.15, 0.2) is 42.5 Å². The van der Waals surface area contributed by atoms with Crippen molar-refractivity contribution in [2.75, 3.05) is 10.2 Å². The second-order valence-corrected chi connectivity index (χ2v) is 6.67. The molecule has 3 rings (SSSR count). The van der Waals surface area contributed by atoms with Crippen molar-refractivity contribution in [1.82, 2.24) is 0 Å². The molecule has 0 aliphatic carbocycles. The third-order valence-corrected chi connectivity index (χ3v) is 4.51. The van der Waals surface area contributed by atoms with Crippen LogP contribution in [0, 0.1) is 12.7 Å². The van der Waals surface area contributed by atoms with Gasteiger partial charge in [-0.05, 0) is 55.8 Å². The molecule has 150 valence electrons. The Morgan fingerprint density at radius 3 is 2.28 bits per heavy atom. The van der Waals surface area contributed by atoms with E-state index in [0.29, 0.717) is 11.3 Å². The molecule has 0 radical (unpaired) electrons. The van der Waals surface area contributed by atoms with Crippen LogP contribution >= 0.6 is 0 Å². The van der Waals surface area contributed by atoms with Crippen LogP contribution in [0.3, 0.4) is 0 Å². The molecule has 1 fully saturated rings. The predicted molar refractivity (Wildman–Crippen MR) is 103 cm³/mol. The van der Waals surface area contributed by atoms with Crippen molar-refractivity contribution in [3.8, 4) is 0 Å². The number of esters is 1. The minimum atomic E-state index is -1.12. The van der Waals surface area contributed by atoms with Gasteiger partial charge >= 0.3 is 5.97 Å².